The summed E-state index contributed by atoms with van der Waals surface area (Å²) in [5, 5.41) is 2.01. The third-order valence-electron chi connectivity index (χ3n) is 11.7. The first kappa shape index (κ1) is 32.6. The standard InChI is InChI=1S/C60H42N2/c1-4-14-43(15-5-1)44-24-26-45(27-25-44)46-28-35-52(36-29-46)61(54-39-32-49(33-40-54)56-21-11-10-20-55(56)48-16-6-2-7-17-48)53-37-30-47(31-38-53)50-34-41-60-58(42-50)57-22-12-13-23-59(57)62(60)51-18-8-3-9-19-51/h1-42H/i30D,31D,37D,38D. The van der Waals surface area contributed by atoms with Crippen LogP contribution >= 0.6 is 0 Å². The normalized spacial score (nSPS) is 12.1. The predicted octanol–water partition coefficient (Wildman–Crippen LogP) is 16.6. The van der Waals surface area contributed by atoms with Gasteiger partial charge in [-0.25, -0.2) is 0 Å². The molecule has 0 N–H and O–H groups in total. The minimum atomic E-state index is -0.128. The highest BCUT2D eigenvalue weighted by Gasteiger charge is 2.17. The van der Waals surface area contributed by atoms with Gasteiger partial charge in [-0.05, 0) is 122 Å². The molecule has 0 saturated carbocycles. The molecule has 0 spiro atoms. The molecule has 292 valence electrons. The van der Waals surface area contributed by atoms with E-state index in [9.17, 15) is 5.48 Å². The lowest BCUT2D eigenvalue weighted by atomic mass is 9.94. The van der Waals surface area contributed by atoms with Gasteiger partial charge in [-0.2, -0.15) is 0 Å². The van der Waals surface area contributed by atoms with E-state index in [-0.39, 0.29) is 35.4 Å². The van der Waals surface area contributed by atoms with Gasteiger partial charge in [0.15, 0.2) is 0 Å². The van der Waals surface area contributed by atoms with Crippen molar-refractivity contribution in [3.05, 3.63) is 255 Å². The fourth-order valence-corrected chi connectivity index (χ4v) is 8.64. The fourth-order valence-electron chi connectivity index (χ4n) is 8.64. The third kappa shape index (κ3) is 6.94. The molecule has 0 bridgehead atoms. The van der Waals surface area contributed by atoms with E-state index in [1.807, 2.05) is 120 Å². The van der Waals surface area contributed by atoms with E-state index in [2.05, 4.69) is 120 Å². The Labute approximate surface area is 368 Å². The van der Waals surface area contributed by atoms with Gasteiger partial charge in [-0.3, -0.25) is 0 Å². The van der Waals surface area contributed by atoms with E-state index in [0.29, 0.717) is 16.9 Å². The molecule has 11 aromatic rings. The van der Waals surface area contributed by atoms with Gasteiger partial charge in [0, 0.05) is 33.5 Å². The number of aromatic nitrogens is 1. The van der Waals surface area contributed by atoms with Gasteiger partial charge in [-0.1, -0.05) is 188 Å². The van der Waals surface area contributed by atoms with Crippen LogP contribution in [0.25, 0.3) is 83.1 Å². The molecule has 2 heteroatoms. The Balaban J connectivity index is 1.03. The van der Waals surface area contributed by atoms with Gasteiger partial charge in [0.1, 0.15) is 0 Å². The average Bonchev–Trinajstić information content (AvgIpc) is 3.72. The van der Waals surface area contributed by atoms with Crippen LogP contribution in [-0.4, -0.2) is 4.57 Å². The van der Waals surface area contributed by atoms with Crippen molar-refractivity contribution in [1.82, 2.24) is 4.57 Å². The van der Waals surface area contributed by atoms with Crippen molar-refractivity contribution in [1.29, 1.82) is 0 Å². The highest BCUT2D eigenvalue weighted by molar-refractivity contribution is 6.10. The van der Waals surface area contributed by atoms with E-state index in [1.54, 1.807) is 0 Å². The Bertz CT molecular complexity index is 3500. The van der Waals surface area contributed by atoms with Crippen molar-refractivity contribution in [3.8, 4) is 61.3 Å². The van der Waals surface area contributed by atoms with E-state index in [1.165, 1.54) is 0 Å². The van der Waals surface area contributed by atoms with Crippen molar-refractivity contribution in [2.24, 2.45) is 0 Å². The van der Waals surface area contributed by atoms with Crippen LogP contribution in [0.4, 0.5) is 17.1 Å². The highest BCUT2D eigenvalue weighted by Crippen LogP contribution is 2.40. The van der Waals surface area contributed by atoms with Crippen LogP contribution in [0.3, 0.4) is 0 Å². The molecule has 0 aliphatic rings. The highest BCUT2D eigenvalue weighted by atomic mass is 15.1. The molecule has 0 saturated heterocycles. The monoisotopic (exact) mass is 794 g/mol. The molecule has 0 unspecified atom stereocenters. The van der Waals surface area contributed by atoms with E-state index < -0.39 is 0 Å². The van der Waals surface area contributed by atoms with Crippen molar-refractivity contribution >= 4 is 38.9 Å². The van der Waals surface area contributed by atoms with Gasteiger partial charge in [0.05, 0.1) is 16.5 Å². The number of hydrogen-bond acceptors (Lipinski definition) is 1. The minimum Gasteiger partial charge on any atom is -0.311 e. The number of anilines is 3. The first-order valence-corrected chi connectivity index (χ1v) is 20.9. The quantitative estimate of drug-likeness (QED) is 0.141. The molecule has 10 aromatic carbocycles. The summed E-state index contributed by atoms with van der Waals surface area (Å²) in [6.07, 6.45) is 0. The van der Waals surface area contributed by atoms with Crippen LogP contribution in [0.1, 0.15) is 5.48 Å². The summed E-state index contributed by atoms with van der Waals surface area (Å²) in [6.45, 7) is 0. The smallest absolute Gasteiger partial charge is 0.0645 e. The zero-order valence-corrected chi connectivity index (χ0v) is 33.8. The lowest BCUT2D eigenvalue weighted by molar-refractivity contribution is 1.18. The minimum absolute atomic E-state index is 0.106. The lowest BCUT2D eigenvalue weighted by Gasteiger charge is -2.26. The Morgan fingerprint density at radius 3 is 1.31 bits per heavy atom. The van der Waals surface area contributed by atoms with Gasteiger partial charge in [0.25, 0.3) is 0 Å². The SMILES string of the molecule is [2H]c1c([2H])c(N(c2ccc(-c3ccc(-c4ccccc4)cc3)cc2)c2ccc(-c3ccccc3-c3ccccc3)cc2)c([2H])c([2H])c1-c1ccc2c(c1)c1ccccc1n2-c1ccccc1. The van der Waals surface area contributed by atoms with Crippen molar-refractivity contribution in [2.45, 2.75) is 0 Å². The topological polar surface area (TPSA) is 8.17 Å². The Kier molecular flexibility index (Phi) is 8.47. The Morgan fingerprint density at radius 2 is 0.710 bits per heavy atom. The molecule has 1 heterocycles. The van der Waals surface area contributed by atoms with Crippen LogP contribution in [0, 0.1) is 0 Å². The third-order valence-corrected chi connectivity index (χ3v) is 11.7. The van der Waals surface area contributed by atoms with Gasteiger partial charge < -0.3 is 9.47 Å². The predicted molar refractivity (Wildman–Crippen MR) is 263 cm³/mol. The second kappa shape index (κ2) is 16.1. The molecule has 0 aliphatic carbocycles. The summed E-state index contributed by atoms with van der Waals surface area (Å²) >= 11 is 0. The first-order valence-electron chi connectivity index (χ1n) is 22.9. The van der Waals surface area contributed by atoms with E-state index >= 15 is 0 Å². The summed E-state index contributed by atoms with van der Waals surface area (Å²) < 4.78 is 40.8. The largest absolute Gasteiger partial charge is 0.311 e. The Morgan fingerprint density at radius 1 is 0.290 bits per heavy atom. The van der Waals surface area contributed by atoms with Crippen molar-refractivity contribution in [3.63, 3.8) is 0 Å². The molecule has 11 rings (SSSR count). The van der Waals surface area contributed by atoms with Crippen LogP contribution in [-0.2, 0) is 0 Å². The summed E-state index contributed by atoms with van der Waals surface area (Å²) in [7, 11) is 0. The summed E-state index contributed by atoms with van der Waals surface area (Å²) in [5.41, 5.74) is 14.3. The Hall–Kier alpha value is -8.20. The van der Waals surface area contributed by atoms with Crippen molar-refractivity contribution in [2.75, 3.05) is 4.90 Å². The number of fused-ring (bicyclic) bond motifs is 3. The molecule has 62 heavy (non-hydrogen) atoms. The lowest BCUT2D eigenvalue weighted by Crippen LogP contribution is -2.09. The number of nitrogens with zero attached hydrogens (tertiary/aromatic N) is 2. The zero-order valence-electron chi connectivity index (χ0n) is 37.8. The second-order valence-electron chi connectivity index (χ2n) is 15.4. The van der Waals surface area contributed by atoms with Gasteiger partial charge in [-0.15, -0.1) is 0 Å². The summed E-state index contributed by atoms with van der Waals surface area (Å²) in [6, 6.07) is 77.7. The number of rotatable bonds is 9. The molecule has 1 aromatic heterocycles. The molecular weight excluding hydrogens is 749 g/mol. The van der Waals surface area contributed by atoms with Crippen molar-refractivity contribution < 1.29 is 5.48 Å². The summed E-state index contributed by atoms with van der Waals surface area (Å²) in [5.74, 6) is 0. The second-order valence-corrected chi connectivity index (χ2v) is 15.4. The number of para-hydroxylation sites is 2. The van der Waals surface area contributed by atoms with Crippen LogP contribution in [0.2, 0.25) is 0 Å². The zero-order chi connectivity index (χ0) is 44.7. The molecule has 0 atom stereocenters. The molecule has 0 amide bonds. The first-order chi connectivity index (χ1) is 32.4. The van der Waals surface area contributed by atoms with Gasteiger partial charge in [0.2, 0.25) is 0 Å². The maximum absolute atomic E-state index is 9.69. The average molecular weight is 795 g/mol. The van der Waals surface area contributed by atoms with E-state index in [0.717, 1.165) is 72.0 Å². The van der Waals surface area contributed by atoms with Crippen LogP contribution in [0.5, 0.6) is 0 Å². The fraction of sp³-hybridized carbons (Fsp3) is 0. The molecule has 0 radical (unpaired) electrons. The van der Waals surface area contributed by atoms with Crippen LogP contribution < -0.4 is 4.90 Å². The van der Waals surface area contributed by atoms with E-state index in [4.69, 9.17) is 0 Å². The maximum Gasteiger partial charge on any atom is 0.0645 e. The molecule has 0 aliphatic heterocycles. The molecule has 2 nitrogen and oxygen atoms in total. The number of benzene rings is 10. The molecular formula is C60H42N2. The number of hydrogen-bond donors (Lipinski definition) is 0. The van der Waals surface area contributed by atoms with Crippen LogP contribution in [0.15, 0.2) is 255 Å². The summed E-state index contributed by atoms with van der Waals surface area (Å²) in [4.78, 5) is 1.86. The molecule has 0 fully saturated rings. The van der Waals surface area contributed by atoms with Gasteiger partial charge >= 0.3 is 0 Å². The maximum atomic E-state index is 9.69.